The molecular weight excluding hydrogens is 375 g/mol. The van der Waals surface area contributed by atoms with Crippen LogP contribution in [0.5, 0.6) is 5.75 Å². The number of anilines is 1. The molecule has 1 aromatic carbocycles. The Hall–Kier alpha value is -3.00. The van der Waals surface area contributed by atoms with Crippen LogP contribution in [0.3, 0.4) is 0 Å². The van der Waals surface area contributed by atoms with E-state index in [4.69, 9.17) is 4.74 Å². The monoisotopic (exact) mass is 402 g/mol. The fourth-order valence-electron chi connectivity index (χ4n) is 2.76. The second kappa shape index (κ2) is 9.97. The molecule has 1 unspecified atom stereocenters. The quantitative estimate of drug-likeness (QED) is 0.734. The topological polar surface area (TPSA) is 74.8 Å². The largest absolute Gasteiger partial charge is 0.494 e. The van der Waals surface area contributed by atoms with E-state index < -0.39 is 11.9 Å². The summed E-state index contributed by atoms with van der Waals surface area (Å²) in [5.74, 6) is -0.290. The van der Waals surface area contributed by atoms with Gasteiger partial charge in [0.15, 0.2) is 11.6 Å². The number of rotatable bonds is 8. The number of nitrogens with one attached hydrogen (secondary N) is 1. The number of hydrogen-bond donors (Lipinski definition) is 1. The van der Waals surface area contributed by atoms with E-state index in [0.29, 0.717) is 11.4 Å². The molecule has 2 aromatic rings. The zero-order chi connectivity index (χ0) is 21.6. The van der Waals surface area contributed by atoms with Crippen LogP contribution in [0.2, 0.25) is 0 Å². The Morgan fingerprint density at radius 1 is 1.24 bits per heavy atom. The van der Waals surface area contributed by atoms with Crippen LogP contribution in [0.15, 0.2) is 36.5 Å². The summed E-state index contributed by atoms with van der Waals surface area (Å²) >= 11 is 0. The Morgan fingerprint density at radius 3 is 2.55 bits per heavy atom. The van der Waals surface area contributed by atoms with Gasteiger partial charge in [0.25, 0.3) is 0 Å². The molecule has 0 bridgehead atoms. The van der Waals surface area contributed by atoms with Gasteiger partial charge in [0.1, 0.15) is 5.82 Å². The molecular formula is C21H27FN4O3. The number of amides is 2. The van der Waals surface area contributed by atoms with E-state index in [0.717, 1.165) is 5.56 Å². The number of nitrogens with zero attached hydrogens (tertiary/aromatic N) is 3. The van der Waals surface area contributed by atoms with Crippen LogP contribution in [0.1, 0.15) is 18.1 Å². The predicted molar refractivity (Wildman–Crippen MR) is 109 cm³/mol. The molecule has 1 aromatic heterocycles. The van der Waals surface area contributed by atoms with Gasteiger partial charge in [0.05, 0.1) is 19.7 Å². The van der Waals surface area contributed by atoms with Crippen molar-refractivity contribution in [3.8, 4) is 5.75 Å². The SMILES string of the molecule is COc1ccc(CN(C)C(=O)C(C)N(C)CC(=O)Nc2ccc(C)cn2)cc1F. The molecule has 1 N–H and O–H groups in total. The number of hydrogen-bond acceptors (Lipinski definition) is 5. The van der Waals surface area contributed by atoms with E-state index in [1.54, 1.807) is 44.2 Å². The summed E-state index contributed by atoms with van der Waals surface area (Å²) in [6.45, 7) is 3.92. The second-order valence-electron chi connectivity index (χ2n) is 7.02. The summed E-state index contributed by atoms with van der Waals surface area (Å²) in [4.78, 5) is 32.2. The third-order valence-corrected chi connectivity index (χ3v) is 4.60. The van der Waals surface area contributed by atoms with E-state index in [9.17, 15) is 14.0 Å². The van der Waals surface area contributed by atoms with Gasteiger partial charge in [-0.15, -0.1) is 0 Å². The summed E-state index contributed by atoms with van der Waals surface area (Å²) in [5.41, 5.74) is 1.65. The van der Waals surface area contributed by atoms with Crippen molar-refractivity contribution in [2.24, 2.45) is 0 Å². The number of aryl methyl sites for hydroxylation is 1. The minimum Gasteiger partial charge on any atom is -0.494 e. The summed E-state index contributed by atoms with van der Waals surface area (Å²) in [6.07, 6.45) is 1.67. The average molecular weight is 402 g/mol. The second-order valence-corrected chi connectivity index (χ2v) is 7.02. The van der Waals surface area contributed by atoms with Crippen LogP contribution in [0.4, 0.5) is 10.2 Å². The van der Waals surface area contributed by atoms with Crippen LogP contribution < -0.4 is 10.1 Å². The molecule has 1 atom stereocenters. The molecule has 7 nitrogen and oxygen atoms in total. The highest BCUT2D eigenvalue weighted by atomic mass is 19.1. The lowest BCUT2D eigenvalue weighted by atomic mass is 10.1. The highest BCUT2D eigenvalue weighted by Crippen LogP contribution is 2.18. The first-order chi connectivity index (χ1) is 13.7. The Bertz CT molecular complexity index is 858. The maximum Gasteiger partial charge on any atom is 0.239 e. The van der Waals surface area contributed by atoms with Gasteiger partial charge in [-0.2, -0.15) is 0 Å². The molecule has 0 fully saturated rings. The molecule has 0 saturated heterocycles. The van der Waals surface area contributed by atoms with Crippen molar-refractivity contribution in [3.63, 3.8) is 0 Å². The van der Waals surface area contributed by atoms with Crippen molar-refractivity contribution < 1.29 is 18.7 Å². The average Bonchev–Trinajstić information content (AvgIpc) is 2.68. The molecule has 1 heterocycles. The standard InChI is InChI=1S/C21H27FN4O3/c1-14-6-9-19(23-11-14)24-20(27)13-25(3)15(2)21(28)26(4)12-16-7-8-18(29-5)17(22)10-16/h6-11,15H,12-13H2,1-5H3,(H,23,24,27). The van der Waals surface area contributed by atoms with Crippen molar-refractivity contribution >= 4 is 17.6 Å². The number of carbonyl (C=O) groups excluding carboxylic acids is 2. The van der Waals surface area contributed by atoms with Gasteiger partial charge in [-0.1, -0.05) is 12.1 Å². The number of halogens is 1. The lowest BCUT2D eigenvalue weighted by Crippen LogP contribution is -2.46. The van der Waals surface area contributed by atoms with Gasteiger partial charge in [0.2, 0.25) is 11.8 Å². The summed E-state index contributed by atoms with van der Waals surface area (Å²) in [5, 5.41) is 2.71. The van der Waals surface area contributed by atoms with Crippen molar-refractivity contribution in [2.75, 3.05) is 33.1 Å². The van der Waals surface area contributed by atoms with E-state index in [1.165, 1.54) is 24.1 Å². The Balaban J connectivity index is 1.90. The molecule has 0 aliphatic rings. The Kier molecular flexibility index (Phi) is 7.67. The molecule has 29 heavy (non-hydrogen) atoms. The maximum absolute atomic E-state index is 13.8. The third-order valence-electron chi connectivity index (χ3n) is 4.60. The number of benzene rings is 1. The van der Waals surface area contributed by atoms with Gasteiger partial charge in [0, 0.05) is 19.8 Å². The molecule has 156 valence electrons. The smallest absolute Gasteiger partial charge is 0.239 e. The predicted octanol–water partition coefficient (Wildman–Crippen LogP) is 2.46. The number of carbonyl (C=O) groups is 2. The van der Waals surface area contributed by atoms with Crippen molar-refractivity contribution in [1.29, 1.82) is 0 Å². The maximum atomic E-state index is 13.8. The molecule has 0 spiro atoms. The van der Waals surface area contributed by atoms with Gasteiger partial charge in [-0.25, -0.2) is 9.37 Å². The molecule has 0 saturated carbocycles. The van der Waals surface area contributed by atoms with E-state index in [-0.39, 0.29) is 30.7 Å². The molecule has 2 rings (SSSR count). The normalized spacial score (nSPS) is 11.8. The van der Waals surface area contributed by atoms with Gasteiger partial charge in [-0.05, 0) is 50.2 Å². The van der Waals surface area contributed by atoms with E-state index in [1.807, 2.05) is 13.0 Å². The number of aromatic nitrogens is 1. The van der Waals surface area contributed by atoms with Crippen LogP contribution in [-0.2, 0) is 16.1 Å². The highest BCUT2D eigenvalue weighted by molar-refractivity contribution is 5.92. The highest BCUT2D eigenvalue weighted by Gasteiger charge is 2.23. The zero-order valence-electron chi connectivity index (χ0n) is 17.4. The fraction of sp³-hybridized carbons (Fsp3) is 0.381. The van der Waals surface area contributed by atoms with Crippen LogP contribution >= 0.6 is 0 Å². The molecule has 0 radical (unpaired) electrons. The lowest BCUT2D eigenvalue weighted by molar-refractivity contribution is -0.135. The summed E-state index contributed by atoms with van der Waals surface area (Å²) < 4.78 is 18.7. The van der Waals surface area contributed by atoms with E-state index >= 15 is 0 Å². The molecule has 8 heteroatoms. The zero-order valence-corrected chi connectivity index (χ0v) is 17.4. The van der Waals surface area contributed by atoms with E-state index in [2.05, 4.69) is 10.3 Å². The van der Waals surface area contributed by atoms with Crippen molar-refractivity contribution in [2.45, 2.75) is 26.4 Å². The van der Waals surface area contributed by atoms with Crippen molar-refractivity contribution in [3.05, 3.63) is 53.5 Å². The summed E-state index contributed by atoms with van der Waals surface area (Å²) in [7, 11) is 4.74. The molecule has 0 aliphatic carbocycles. The lowest BCUT2D eigenvalue weighted by Gasteiger charge is -2.28. The fourth-order valence-corrected chi connectivity index (χ4v) is 2.76. The van der Waals surface area contributed by atoms with Crippen LogP contribution in [0, 0.1) is 12.7 Å². The van der Waals surface area contributed by atoms with Crippen LogP contribution in [0.25, 0.3) is 0 Å². The summed E-state index contributed by atoms with van der Waals surface area (Å²) in [6, 6.07) is 7.64. The molecule has 0 aliphatic heterocycles. The first-order valence-electron chi connectivity index (χ1n) is 9.21. The number of pyridine rings is 1. The van der Waals surface area contributed by atoms with Crippen LogP contribution in [-0.4, -0.2) is 60.4 Å². The third kappa shape index (κ3) is 6.25. The Morgan fingerprint density at radius 2 is 1.97 bits per heavy atom. The Labute approximate surface area is 170 Å². The first-order valence-corrected chi connectivity index (χ1v) is 9.21. The van der Waals surface area contributed by atoms with Gasteiger partial charge < -0.3 is 15.0 Å². The molecule has 2 amide bonds. The first kappa shape index (κ1) is 22.3. The van der Waals surface area contributed by atoms with Crippen molar-refractivity contribution in [1.82, 2.24) is 14.8 Å². The minimum atomic E-state index is -0.528. The minimum absolute atomic E-state index is 0.0352. The number of methoxy groups -OCH3 is 1. The van der Waals surface area contributed by atoms with Gasteiger partial charge >= 0.3 is 0 Å². The number of likely N-dealkylation sites (N-methyl/N-ethyl adjacent to an activating group) is 2. The van der Waals surface area contributed by atoms with Gasteiger partial charge in [-0.3, -0.25) is 14.5 Å². The number of ether oxygens (including phenoxy) is 1.